The molecular formula is C26H40O4. The predicted molar refractivity (Wildman–Crippen MR) is 116 cm³/mol. The van der Waals surface area contributed by atoms with Crippen LogP contribution in [-0.2, 0) is 19.1 Å². The molecule has 0 aromatic heterocycles. The normalized spacial score (nSPS) is 44.1. The maximum Gasteiger partial charge on any atom is 0.305 e. The van der Waals surface area contributed by atoms with Crippen LogP contribution in [0.5, 0.6) is 0 Å². The minimum atomic E-state index is -0.233. The topological polar surface area (TPSA) is 60.4 Å². The predicted octanol–water partition coefficient (Wildman–Crippen LogP) is 5.37. The molecule has 4 heteroatoms. The number of carbonyl (C=O) groups is 3. The number of Topliss-reactive ketones (excluding diaryl/α,β-unsaturated/α-hetero) is 2. The van der Waals surface area contributed by atoms with E-state index in [1.54, 1.807) is 0 Å². The third kappa shape index (κ3) is 3.37. The molecule has 0 aliphatic heterocycles. The summed E-state index contributed by atoms with van der Waals surface area (Å²) < 4.78 is 5.12. The van der Waals surface area contributed by atoms with Gasteiger partial charge in [0, 0.05) is 31.1 Å². The van der Waals surface area contributed by atoms with Gasteiger partial charge in [-0.05, 0) is 86.4 Å². The maximum absolute atomic E-state index is 13.7. The lowest BCUT2D eigenvalue weighted by atomic mass is 9.44. The van der Waals surface area contributed by atoms with Crippen LogP contribution in [0.25, 0.3) is 0 Å². The minimum absolute atomic E-state index is 0.114. The Morgan fingerprint density at radius 1 is 1.10 bits per heavy atom. The molecule has 0 radical (unpaired) electrons. The lowest BCUT2D eigenvalue weighted by Crippen LogP contribution is -2.57. The molecule has 0 heterocycles. The molecule has 0 bridgehead atoms. The summed E-state index contributed by atoms with van der Waals surface area (Å²) in [6.45, 7) is 9.17. The highest BCUT2D eigenvalue weighted by Gasteiger charge is 2.63. The van der Waals surface area contributed by atoms with Crippen molar-refractivity contribution < 1.29 is 19.1 Å². The van der Waals surface area contributed by atoms with Crippen LogP contribution < -0.4 is 0 Å². The largest absolute Gasteiger partial charge is 0.466 e. The van der Waals surface area contributed by atoms with Crippen LogP contribution >= 0.6 is 0 Å². The Morgan fingerprint density at radius 2 is 1.87 bits per heavy atom. The van der Waals surface area contributed by atoms with Gasteiger partial charge in [-0.15, -0.1) is 0 Å². The lowest BCUT2D eigenvalue weighted by Gasteiger charge is -2.59. The Hall–Kier alpha value is -1.19. The van der Waals surface area contributed by atoms with Gasteiger partial charge in [0.05, 0.1) is 6.61 Å². The number of hydrogen-bond donors (Lipinski definition) is 0. The number of rotatable bonds is 5. The molecular weight excluding hydrogens is 376 g/mol. The van der Waals surface area contributed by atoms with Crippen LogP contribution in [0.1, 0.15) is 91.9 Å². The van der Waals surface area contributed by atoms with Crippen LogP contribution in [0.15, 0.2) is 0 Å². The first kappa shape index (κ1) is 22.0. The molecule has 4 aliphatic rings. The Bertz CT molecular complexity index is 714. The summed E-state index contributed by atoms with van der Waals surface area (Å²) in [5.41, 5.74) is -0.0651. The molecule has 4 nitrogen and oxygen atoms in total. The first-order valence-corrected chi connectivity index (χ1v) is 12.4. The van der Waals surface area contributed by atoms with Crippen molar-refractivity contribution in [3.05, 3.63) is 0 Å². The lowest BCUT2D eigenvalue weighted by molar-refractivity contribution is -0.159. The molecule has 4 fully saturated rings. The van der Waals surface area contributed by atoms with Crippen molar-refractivity contribution >= 4 is 17.5 Å². The van der Waals surface area contributed by atoms with Crippen molar-refractivity contribution in [2.45, 2.75) is 91.9 Å². The SMILES string of the molecule is CCOC(=O)CC[C@@H](C)[C@H]1CCC2[C@@H]3CCC4CC(=O)CC[C@]4(C)C3CC(=O)[C@@]21C. The van der Waals surface area contributed by atoms with Gasteiger partial charge in [0.15, 0.2) is 0 Å². The second-order valence-corrected chi connectivity index (χ2v) is 11.3. The Morgan fingerprint density at radius 3 is 2.60 bits per heavy atom. The zero-order valence-electron chi connectivity index (χ0n) is 19.4. The van der Waals surface area contributed by atoms with E-state index in [2.05, 4.69) is 20.8 Å². The van der Waals surface area contributed by atoms with Gasteiger partial charge in [-0.2, -0.15) is 0 Å². The van der Waals surface area contributed by atoms with Gasteiger partial charge < -0.3 is 4.74 Å². The van der Waals surface area contributed by atoms with Gasteiger partial charge in [-0.25, -0.2) is 0 Å². The van der Waals surface area contributed by atoms with Gasteiger partial charge in [-0.1, -0.05) is 20.8 Å². The van der Waals surface area contributed by atoms with Crippen molar-refractivity contribution in [3.63, 3.8) is 0 Å². The van der Waals surface area contributed by atoms with Gasteiger partial charge in [0.1, 0.15) is 11.6 Å². The first-order chi connectivity index (χ1) is 14.2. The van der Waals surface area contributed by atoms with E-state index >= 15 is 0 Å². The van der Waals surface area contributed by atoms with E-state index < -0.39 is 0 Å². The zero-order valence-corrected chi connectivity index (χ0v) is 19.4. The second kappa shape index (κ2) is 8.06. The van der Waals surface area contributed by atoms with Crippen LogP contribution in [0.2, 0.25) is 0 Å². The molecule has 0 amide bonds. The molecule has 30 heavy (non-hydrogen) atoms. The Labute approximate surface area is 181 Å². The minimum Gasteiger partial charge on any atom is -0.466 e. The average molecular weight is 417 g/mol. The van der Waals surface area contributed by atoms with E-state index in [9.17, 15) is 14.4 Å². The number of ether oxygens (including phenoxy) is 1. The van der Waals surface area contributed by atoms with E-state index in [0.29, 0.717) is 72.9 Å². The molecule has 4 saturated carbocycles. The summed E-state index contributed by atoms with van der Waals surface area (Å²) in [5.74, 6) is 3.59. The Balaban J connectivity index is 1.52. The van der Waals surface area contributed by atoms with Crippen molar-refractivity contribution in [2.75, 3.05) is 6.61 Å². The molecule has 0 N–H and O–H groups in total. The maximum atomic E-state index is 13.7. The van der Waals surface area contributed by atoms with Crippen LogP contribution in [0.3, 0.4) is 0 Å². The van der Waals surface area contributed by atoms with Gasteiger partial charge in [-0.3, -0.25) is 14.4 Å². The number of esters is 1. The summed E-state index contributed by atoms with van der Waals surface area (Å²) in [4.78, 5) is 37.7. The Kier molecular flexibility index (Phi) is 5.91. The van der Waals surface area contributed by atoms with Crippen LogP contribution in [0, 0.1) is 46.3 Å². The van der Waals surface area contributed by atoms with Gasteiger partial charge >= 0.3 is 5.97 Å². The quantitative estimate of drug-likeness (QED) is 0.565. The third-order valence-corrected chi connectivity index (χ3v) is 10.2. The third-order valence-electron chi connectivity index (χ3n) is 10.2. The molecule has 0 spiro atoms. The summed E-state index contributed by atoms with van der Waals surface area (Å²) >= 11 is 0. The van der Waals surface area contributed by atoms with E-state index in [1.807, 2.05) is 6.92 Å². The highest BCUT2D eigenvalue weighted by molar-refractivity contribution is 5.87. The van der Waals surface area contributed by atoms with Crippen molar-refractivity contribution in [2.24, 2.45) is 46.3 Å². The summed E-state index contributed by atoms with van der Waals surface area (Å²) in [6.07, 6.45) is 9.02. The fourth-order valence-corrected chi connectivity index (χ4v) is 8.47. The molecule has 8 atom stereocenters. The van der Waals surface area contributed by atoms with Crippen molar-refractivity contribution in [1.82, 2.24) is 0 Å². The summed E-state index contributed by atoms with van der Waals surface area (Å²) in [6, 6.07) is 0. The highest BCUT2D eigenvalue weighted by atomic mass is 16.5. The fourth-order valence-electron chi connectivity index (χ4n) is 8.47. The van der Waals surface area contributed by atoms with Crippen molar-refractivity contribution in [1.29, 1.82) is 0 Å². The number of carbonyl (C=O) groups excluding carboxylic acids is 3. The molecule has 0 saturated heterocycles. The molecule has 168 valence electrons. The average Bonchev–Trinajstić information content (AvgIpc) is 3.07. The number of ketones is 2. The van der Waals surface area contributed by atoms with Crippen LogP contribution in [0.4, 0.5) is 0 Å². The van der Waals surface area contributed by atoms with Gasteiger partial charge in [0.25, 0.3) is 0 Å². The number of hydrogen-bond acceptors (Lipinski definition) is 4. The highest BCUT2D eigenvalue weighted by Crippen LogP contribution is 2.67. The van der Waals surface area contributed by atoms with E-state index in [0.717, 1.165) is 38.5 Å². The number of fused-ring (bicyclic) bond motifs is 5. The smallest absolute Gasteiger partial charge is 0.305 e. The van der Waals surface area contributed by atoms with Crippen molar-refractivity contribution in [3.8, 4) is 0 Å². The van der Waals surface area contributed by atoms with E-state index in [4.69, 9.17) is 4.74 Å². The van der Waals surface area contributed by atoms with Gasteiger partial charge in [0.2, 0.25) is 0 Å². The van der Waals surface area contributed by atoms with Crippen LogP contribution in [-0.4, -0.2) is 24.1 Å². The molecule has 0 aromatic rings. The monoisotopic (exact) mass is 416 g/mol. The zero-order chi connectivity index (χ0) is 21.7. The van der Waals surface area contributed by atoms with E-state index in [-0.39, 0.29) is 16.8 Å². The summed E-state index contributed by atoms with van der Waals surface area (Å²) in [7, 11) is 0. The summed E-state index contributed by atoms with van der Waals surface area (Å²) in [5, 5.41) is 0. The van der Waals surface area contributed by atoms with E-state index in [1.165, 1.54) is 6.42 Å². The first-order valence-electron chi connectivity index (χ1n) is 12.4. The molecule has 0 aromatic carbocycles. The molecule has 4 rings (SSSR count). The fraction of sp³-hybridized carbons (Fsp3) is 0.885. The molecule has 4 aliphatic carbocycles. The second-order valence-electron chi connectivity index (χ2n) is 11.3. The standard InChI is InChI=1S/C26H40O4/c1-5-30-24(29)11-6-16(2)20-9-10-21-19-8-7-17-14-18(27)12-13-25(17,3)22(19)15-23(28)26(20,21)4/h16-17,19-22H,5-15H2,1-4H3/t16-,17?,19+,20-,21?,22?,25+,26-/m1/s1. The molecule has 3 unspecified atom stereocenters.